The molecule has 1 heterocycles. The van der Waals surface area contributed by atoms with Gasteiger partial charge < -0.3 is 9.72 Å². The Morgan fingerprint density at radius 2 is 1.81 bits per heavy atom. The van der Waals surface area contributed by atoms with Gasteiger partial charge in [0.25, 0.3) is 0 Å². The minimum absolute atomic E-state index is 0.158. The van der Waals surface area contributed by atoms with Crippen LogP contribution in [0.1, 0.15) is 38.3 Å². The molecule has 4 rings (SSSR count). The highest BCUT2D eigenvalue weighted by molar-refractivity contribution is 6.05. The number of esters is 1. The molecule has 0 saturated heterocycles. The number of nitrogens with one attached hydrogen (secondary N) is 1. The summed E-state index contributed by atoms with van der Waals surface area (Å²) < 4.78 is 5.19. The first-order valence-electron chi connectivity index (χ1n) is 8.56. The second kappa shape index (κ2) is 6.59. The van der Waals surface area contributed by atoms with Crippen molar-refractivity contribution >= 4 is 22.7 Å². The number of fused-ring (bicyclic) bond motifs is 2. The van der Waals surface area contributed by atoms with Gasteiger partial charge in [-0.1, -0.05) is 30.3 Å². The van der Waals surface area contributed by atoms with Crippen LogP contribution >= 0.6 is 0 Å². The summed E-state index contributed by atoms with van der Waals surface area (Å²) in [6, 6.07) is 13.8. The molecule has 26 heavy (non-hydrogen) atoms. The van der Waals surface area contributed by atoms with E-state index >= 15 is 0 Å². The molecule has 0 amide bonds. The summed E-state index contributed by atoms with van der Waals surface area (Å²) in [6.07, 6.45) is 3.14. The van der Waals surface area contributed by atoms with Gasteiger partial charge in [-0.2, -0.15) is 0 Å². The van der Waals surface area contributed by atoms with Crippen LogP contribution in [-0.2, 0) is 17.6 Å². The molecule has 0 saturated carbocycles. The van der Waals surface area contributed by atoms with Crippen LogP contribution in [0.25, 0.3) is 10.9 Å². The van der Waals surface area contributed by atoms with E-state index in [1.807, 2.05) is 12.1 Å². The predicted molar refractivity (Wildman–Crippen MR) is 97.6 cm³/mol. The Kier molecular flexibility index (Phi) is 4.13. The van der Waals surface area contributed by atoms with E-state index in [1.54, 1.807) is 30.3 Å². The number of para-hydroxylation sites is 1. The van der Waals surface area contributed by atoms with E-state index in [9.17, 15) is 14.4 Å². The first kappa shape index (κ1) is 16.3. The second-order valence-electron chi connectivity index (χ2n) is 6.43. The van der Waals surface area contributed by atoms with E-state index in [1.165, 1.54) is 17.2 Å². The average molecular weight is 347 g/mol. The van der Waals surface area contributed by atoms with Crippen LogP contribution in [0.4, 0.5) is 0 Å². The Bertz CT molecular complexity index is 1080. The Labute approximate surface area is 149 Å². The number of rotatable bonds is 4. The molecule has 5 nitrogen and oxygen atoms in total. The molecular formula is C21H17NO4. The molecule has 3 aromatic rings. The maximum absolute atomic E-state index is 12.4. The van der Waals surface area contributed by atoms with Gasteiger partial charge in [-0.3, -0.25) is 9.59 Å². The maximum atomic E-state index is 12.4. The van der Waals surface area contributed by atoms with Crippen molar-refractivity contribution < 1.29 is 14.3 Å². The van der Waals surface area contributed by atoms with E-state index < -0.39 is 5.97 Å². The third kappa shape index (κ3) is 3.04. The van der Waals surface area contributed by atoms with Crippen molar-refractivity contribution in [3.8, 4) is 0 Å². The molecule has 1 aromatic heterocycles. The Morgan fingerprint density at radius 3 is 2.69 bits per heavy atom. The highest BCUT2D eigenvalue weighted by Gasteiger charge is 2.17. The number of Topliss-reactive ketones (excluding diaryl/α,β-unsaturated/α-hetero) is 1. The molecule has 0 atom stereocenters. The quantitative estimate of drug-likeness (QED) is 0.581. The Balaban J connectivity index is 1.52. The van der Waals surface area contributed by atoms with Crippen molar-refractivity contribution in [2.75, 3.05) is 6.61 Å². The Hall–Kier alpha value is -3.21. The summed E-state index contributed by atoms with van der Waals surface area (Å²) in [7, 11) is 0. The lowest BCUT2D eigenvalue weighted by Crippen LogP contribution is -2.17. The topological polar surface area (TPSA) is 76.2 Å². The van der Waals surface area contributed by atoms with Crippen molar-refractivity contribution in [1.29, 1.82) is 0 Å². The maximum Gasteiger partial charge on any atom is 0.339 e. The van der Waals surface area contributed by atoms with Gasteiger partial charge >= 0.3 is 5.97 Å². The van der Waals surface area contributed by atoms with Crippen molar-refractivity contribution in [2.24, 2.45) is 0 Å². The number of H-pyrrole nitrogens is 1. The number of ether oxygens (including phenoxy) is 1. The lowest BCUT2D eigenvalue weighted by atomic mass is 10.0. The van der Waals surface area contributed by atoms with Crippen LogP contribution in [-0.4, -0.2) is 23.3 Å². The molecular weight excluding hydrogens is 330 g/mol. The standard InChI is InChI=1S/C21H17NO4/c23-19(15-9-8-13-4-3-5-14(13)10-15)12-26-21(25)17-11-20(24)22-18-7-2-1-6-16(17)18/h1-2,6-11H,3-5,12H2,(H,22,24). The SMILES string of the molecule is O=C(COC(=O)c1cc(=O)[nH]c2ccccc12)c1ccc2c(c1)CCC2. The zero-order chi connectivity index (χ0) is 18.1. The molecule has 0 radical (unpaired) electrons. The van der Waals surface area contributed by atoms with Gasteiger partial charge in [0, 0.05) is 22.5 Å². The number of aromatic nitrogens is 1. The zero-order valence-corrected chi connectivity index (χ0v) is 14.1. The number of hydrogen-bond acceptors (Lipinski definition) is 4. The minimum atomic E-state index is -0.679. The smallest absolute Gasteiger partial charge is 0.339 e. The van der Waals surface area contributed by atoms with Crippen LogP contribution in [0.5, 0.6) is 0 Å². The first-order chi connectivity index (χ1) is 12.6. The first-order valence-corrected chi connectivity index (χ1v) is 8.56. The molecule has 0 spiro atoms. The molecule has 0 bridgehead atoms. The van der Waals surface area contributed by atoms with Crippen LogP contribution in [0, 0.1) is 0 Å². The molecule has 0 aliphatic heterocycles. The summed E-state index contributed by atoms with van der Waals surface area (Å²) in [5, 5.41) is 0.585. The number of aryl methyl sites for hydroxylation is 2. The van der Waals surface area contributed by atoms with Gasteiger partial charge in [0.05, 0.1) is 5.56 Å². The van der Waals surface area contributed by atoms with Crippen molar-refractivity contribution in [2.45, 2.75) is 19.3 Å². The average Bonchev–Trinajstić information content (AvgIpc) is 3.12. The molecule has 0 fully saturated rings. The van der Waals surface area contributed by atoms with Gasteiger partial charge in [-0.15, -0.1) is 0 Å². The van der Waals surface area contributed by atoms with Gasteiger partial charge in [-0.05, 0) is 42.5 Å². The van der Waals surface area contributed by atoms with Crippen LogP contribution in [0.15, 0.2) is 53.3 Å². The molecule has 5 heteroatoms. The number of hydrogen-bond donors (Lipinski definition) is 1. The van der Waals surface area contributed by atoms with Crippen molar-refractivity contribution in [1.82, 2.24) is 4.98 Å². The van der Waals surface area contributed by atoms with E-state index in [0.717, 1.165) is 19.3 Å². The molecule has 0 unspecified atom stereocenters. The van der Waals surface area contributed by atoms with Gasteiger partial charge in [0.2, 0.25) is 5.56 Å². The summed E-state index contributed by atoms with van der Waals surface area (Å²) in [5.41, 5.74) is 3.36. The molecule has 1 aliphatic rings. The summed E-state index contributed by atoms with van der Waals surface area (Å²) in [6.45, 7) is -0.348. The molecule has 1 N–H and O–H groups in total. The van der Waals surface area contributed by atoms with Gasteiger partial charge in [-0.25, -0.2) is 4.79 Å². The monoisotopic (exact) mass is 347 g/mol. The van der Waals surface area contributed by atoms with Crippen molar-refractivity contribution in [3.63, 3.8) is 0 Å². The zero-order valence-electron chi connectivity index (χ0n) is 14.1. The Morgan fingerprint density at radius 1 is 1.00 bits per heavy atom. The van der Waals surface area contributed by atoms with Gasteiger partial charge in [0.15, 0.2) is 12.4 Å². The largest absolute Gasteiger partial charge is 0.454 e. The lowest BCUT2D eigenvalue weighted by Gasteiger charge is -2.08. The lowest BCUT2D eigenvalue weighted by molar-refractivity contribution is 0.0476. The number of pyridine rings is 1. The third-order valence-electron chi connectivity index (χ3n) is 4.73. The second-order valence-corrected chi connectivity index (χ2v) is 6.43. The fourth-order valence-corrected chi connectivity index (χ4v) is 3.41. The predicted octanol–water partition coefficient (Wildman–Crippen LogP) is 3.06. The highest BCUT2D eigenvalue weighted by atomic mass is 16.5. The fourth-order valence-electron chi connectivity index (χ4n) is 3.41. The molecule has 1 aliphatic carbocycles. The number of carbonyl (C=O) groups is 2. The van der Waals surface area contributed by atoms with Crippen LogP contribution < -0.4 is 5.56 Å². The summed E-state index contributed by atoms with van der Waals surface area (Å²) in [4.78, 5) is 39.2. The number of carbonyl (C=O) groups excluding carboxylic acids is 2. The van der Waals surface area contributed by atoms with Gasteiger partial charge in [0.1, 0.15) is 0 Å². The van der Waals surface area contributed by atoms with Crippen LogP contribution in [0.2, 0.25) is 0 Å². The summed E-state index contributed by atoms with van der Waals surface area (Å²) >= 11 is 0. The normalized spacial score (nSPS) is 12.8. The highest BCUT2D eigenvalue weighted by Crippen LogP contribution is 2.23. The minimum Gasteiger partial charge on any atom is -0.454 e. The summed E-state index contributed by atoms with van der Waals surface area (Å²) in [5.74, 6) is -0.927. The number of aromatic amines is 1. The number of ketones is 1. The van der Waals surface area contributed by atoms with E-state index in [2.05, 4.69) is 4.98 Å². The molecule has 130 valence electrons. The van der Waals surface area contributed by atoms with E-state index in [4.69, 9.17) is 4.74 Å². The molecule has 2 aromatic carbocycles. The van der Waals surface area contributed by atoms with E-state index in [0.29, 0.717) is 16.5 Å². The fraction of sp³-hybridized carbons (Fsp3) is 0.190. The van der Waals surface area contributed by atoms with Crippen LogP contribution in [0.3, 0.4) is 0 Å². The van der Waals surface area contributed by atoms with E-state index in [-0.39, 0.29) is 23.5 Å². The van der Waals surface area contributed by atoms with Crippen molar-refractivity contribution in [3.05, 3.63) is 81.1 Å². The third-order valence-corrected chi connectivity index (χ3v) is 4.73. The number of benzene rings is 2.